The molecule has 0 fully saturated rings. The molecule has 8 heavy (non-hydrogen) atoms. The van der Waals surface area contributed by atoms with Crippen LogP contribution < -0.4 is 0 Å². The molecule has 1 radical (unpaired) electrons. The summed E-state index contributed by atoms with van der Waals surface area (Å²) in [6, 6.07) is 0. The first-order chi connectivity index (χ1) is 3.63. The standard InChI is InChI=1S/C2H5NO3PS/c1-3(4)2-6-7(5)8/h2H,1H3,(H-,4,5,8). The predicted octanol–water partition coefficient (Wildman–Crippen LogP) is 0.267. The van der Waals surface area contributed by atoms with Crippen molar-refractivity contribution in [3.05, 3.63) is 0 Å². The Morgan fingerprint density at radius 2 is 2.50 bits per heavy atom. The van der Waals surface area contributed by atoms with E-state index >= 15 is 0 Å². The summed E-state index contributed by atoms with van der Waals surface area (Å²) < 4.78 is 14.7. The van der Waals surface area contributed by atoms with E-state index in [4.69, 9.17) is 5.21 Å². The molecule has 6 heteroatoms. The van der Waals surface area contributed by atoms with Crippen LogP contribution in [0.4, 0.5) is 0 Å². The second-order valence-corrected chi connectivity index (χ2v) is 2.56. The van der Waals surface area contributed by atoms with Crippen molar-refractivity contribution in [2.24, 2.45) is 0 Å². The zero-order chi connectivity index (χ0) is 6.57. The number of rotatable bonds is 2. The molecule has 1 unspecified atom stereocenters. The zero-order valence-corrected chi connectivity index (χ0v) is 5.85. The molecular formula is C2H5NO3PS. The summed E-state index contributed by atoms with van der Waals surface area (Å²) in [4.78, 5) is 0. The minimum Gasteiger partial charge on any atom is -0.649 e. The normalized spacial score (nSPS) is 13.2. The van der Waals surface area contributed by atoms with Gasteiger partial charge < -0.3 is 16.8 Å². The van der Waals surface area contributed by atoms with Gasteiger partial charge in [-0.2, -0.15) is 0 Å². The van der Waals surface area contributed by atoms with Crippen LogP contribution in [0, 0.1) is 0 Å². The van der Waals surface area contributed by atoms with Crippen LogP contribution in [0.5, 0.6) is 0 Å². The molecule has 0 aromatic heterocycles. The lowest BCUT2D eigenvalue weighted by Gasteiger charge is -1.95. The Labute approximate surface area is 52.8 Å². The van der Waals surface area contributed by atoms with Gasteiger partial charge in [0.2, 0.25) is 0 Å². The highest BCUT2D eigenvalue weighted by Crippen LogP contribution is 2.13. The SMILES string of the molecule is C[N+](O)=CO[P](=O)[S-]. The van der Waals surface area contributed by atoms with Gasteiger partial charge in [0.1, 0.15) is 7.23 Å². The molecule has 1 atom stereocenters. The van der Waals surface area contributed by atoms with Gasteiger partial charge in [0.15, 0.2) is 7.05 Å². The predicted molar refractivity (Wildman–Crippen MR) is 30.1 cm³/mol. The molecule has 4 nitrogen and oxygen atoms in total. The minimum atomic E-state index is -2.06. The first-order valence-electron chi connectivity index (χ1n) is 1.69. The summed E-state index contributed by atoms with van der Waals surface area (Å²) in [5.41, 5.74) is 0. The third kappa shape index (κ3) is 5.72. The number of hydrogen-bond donors (Lipinski definition) is 1. The van der Waals surface area contributed by atoms with E-state index in [1.54, 1.807) is 0 Å². The van der Waals surface area contributed by atoms with Gasteiger partial charge in [-0.15, -0.1) is 0 Å². The third-order valence-electron chi connectivity index (χ3n) is 0.286. The van der Waals surface area contributed by atoms with Crippen LogP contribution in [0.3, 0.4) is 0 Å². The minimum absolute atomic E-state index is 0.625. The molecule has 1 N–H and O–H groups in total. The molecule has 0 aliphatic heterocycles. The van der Waals surface area contributed by atoms with Crippen LogP contribution in [0.15, 0.2) is 0 Å². The van der Waals surface area contributed by atoms with Crippen molar-refractivity contribution in [2.75, 3.05) is 7.05 Å². The molecule has 0 heterocycles. The van der Waals surface area contributed by atoms with E-state index in [9.17, 15) is 4.57 Å². The summed E-state index contributed by atoms with van der Waals surface area (Å²) >= 11 is 4.12. The Balaban J connectivity index is 3.45. The number of nitrogens with zero attached hydrogens (tertiary/aromatic N) is 1. The van der Waals surface area contributed by atoms with E-state index in [0.717, 1.165) is 6.40 Å². The quantitative estimate of drug-likeness (QED) is 0.118. The molecule has 0 saturated carbocycles. The summed E-state index contributed by atoms with van der Waals surface area (Å²) in [5.74, 6) is 0. The van der Waals surface area contributed by atoms with Crippen LogP contribution in [-0.4, -0.2) is 23.4 Å². The lowest BCUT2D eigenvalue weighted by molar-refractivity contribution is -0.754. The molecule has 0 aromatic rings. The second kappa shape index (κ2) is 3.69. The van der Waals surface area contributed by atoms with Crippen LogP contribution in [0.2, 0.25) is 0 Å². The van der Waals surface area contributed by atoms with E-state index in [2.05, 4.69) is 16.8 Å². The van der Waals surface area contributed by atoms with Crippen molar-refractivity contribution in [1.82, 2.24) is 0 Å². The molecule has 0 aromatic carbocycles. The van der Waals surface area contributed by atoms with E-state index < -0.39 is 7.23 Å². The average molecular weight is 154 g/mol. The van der Waals surface area contributed by atoms with E-state index in [0.29, 0.717) is 4.74 Å². The summed E-state index contributed by atoms with van der Waals surface area (Å²) in [6.45, 7) is 0. The van der Waals surface area contributed by atoms with Crippen molar-refractivity contribution < 1.29 is 19.0 Å². The molecular weight excluding hydrogens is 149 g/mol. The Morgan fingerprint density at radius 3 is 2.62 bits per heavy atom. The first-order valence-corrected chi connectivity index (χ1v) is 3.88. The highest BCUT2D eigenvalue weighted by molar-refractivity contribution is 8.26. The molecule has 0 rings (SSSR count). The van der Waals surface area contributed by atoms with Crippen LogP contribution in [-0.2, 0) is 21.3 Å². The van der Waals surface area contributed by atoms with Crippen molar-refractivity contribution in [3.63, 3.8) is 0 Å². The first kappa shape index (κ1) is 7.72. The van der Waals surface area contributed by atoms with E-state index in [1.165, 1.54) is 7.05 Å². The lowest BCUT2D eigenvalue weighted by Crippen LogP contribution is -1.98. The lowest BCUT2D eigenvalue weighted by atomic mass is 11.3. The molecule has 0 saturated heterocycles. The Kier molecular flexibility index (Phi) is 3.56. The van der Waals surface area contributed by atoms with Crippen molar-refractivity contribution in [1.29, 1.82) is 0 Å². The Morgan fingerprint density at radius 1 is 2.00 bits per heavy atom. The van der Waals surface area contributed by atoms with Gasteiger partial charge in [-0.1, -0.05) is 0 Å². The Bertz CT molecular complexity index is 120. The molecule has 0 amide bonds. The molecule has 0 aliphatic carbocycles. The van der Waals surface area contributed by atoms with Gasteiger partial charge in [-0.25, -0.2) is 0 Å². The zero-order valence-electron chi connectivity index (χ0n) is 4.14. The van der Waals surface area contributed by atoms with Crippen LogP contribution in [0.1, 0.15) is 0 Å². The topological polar surface area (TPSA) is 49.5 Å². The highest BCUT2D eigenvalue weighted by Gasteiger charge is 1.84. The second-order valence-electron chi connectivity index (χ2n) is 1.01. The molecule has 0 spiro atoms. The highest BCUT2D eigenvalue weighted by atomic mass is 32.7. The van der Waals surface area contributed by atoms with E-state index in [1.807, 2.05) is 0 Å². The van der Waals surface area contributed by atoms with Gasteiger partial charge in [0, 0.05) is 4.74 Å². The van der Waals surface area contributed by atoms with Crippen LogP contribution >= 0.6 is 7.23 Å². The van der Waals surface area contributed by atoms with E-state index in [-0.39, 0.29) is 0 Å². The smallest absolute Gasteiger partial charge is 0.380 e. The number of hydroxylamine groups is 1. The number of hydrogen-bond acceptors (Lipinski definition) is 4. The molecule has 0 bridgehead atoms. The Hall–Kier alpha value is -0.280. The maximum atomic E-state index is 9.92. The average Bonchev–Trinajstić information content (AvgIpc) is 1.61. The van der Waals surface area contributed by atoms with Gasteiger partial charge >= 0.3 is 6.40 Å². The fraction of sp³-hybridized carbons (Fsp3) is 0.500. The van der Waals surface area contributed by atoms with Crippen molar-refractivity contribution >= 4 is 25.9 Å². The molecule has 47 valence electrons. The summed E-state index contributed by atoms with van der Waals surface area (Å²) in [5, 5.41) is 8.28. The molecule has 0 aliphatic rings. The van der Waals surface area contributed by atoms with Gasteiger partial charge in [0.05, 0.1) is 0 Å². The third-order valence-corrected chi connectivity index (χ3v) is 0.810. The van der Waals surface area contributed by atoms with Gasteiger partial charge in [0.25, 0.3) is 0 Å². The van der Waals surface area contributed by atoms with Crippen LogP contribution in [0.25, 0.3) is 0 Å². The van der Waals surface area contributed by atoms with Gasteiger partial charge in [-0.3, -0.25) is 9.77 Å². The maximum absolute atomic E-state index is 9.92. The summed E-state index contributed by atoms with van der Waals surface area (Å²) in [6.07, 6.45) is 0.867. The maximum Gasteiger partial charge on any atom is 0.380 e. The largest absolute Gasteiger partial charge is 0.649 e. The van der Waals surface area contributed by atoms with Crippen molar-refractivity contribution in [3.8, 4) is 0 Å². The van der Waals surface area contributed by atoms with Gasteiger partial charge in [-0.05, 0) is 0 Å². The fourth-order valence-corrected chi connectivity index (χ4v) is 0.436. The summed E-state index contributed by atoms with van der Waals surface area (Å²) in [7, 11) is -0.743. The fourth-order valence-electron chi connectivity index (χ4n) is 0.107. The monoisotopic (exact) mass is 154 g/mol. The van der Waals surface area contributed by atoms with Crippen molar-refractivity contribution in [2.45, 2.75) is 0 Å².